The zero-order valence-electron chi connectivity index (χ0n) is 12.7. The highest BCUT2D eigenvalue weighted by Crippen LogP contribution is 2.28. The van der Waals surface area contributed by atoms with Crippen molar-refractivity contribution < 1.29 is 0 Å². The van der Waals surface area contributed by atoms with Crippen molar-refractivity contribution in [2.45, 2.75) is 47.0 Å². The number of hydrogen-bond acceptors (Lipinski definition) is 4. The summed E-state index contributed by atoms with van der Waals surface area (Å²) in [4.78, 5) is 11.6. The van der Waals surface area contributed by atoms with Crippen LogP contribution in [0.25, 0.3) is 0 Å². The van der Waals surface area contributed by atoms with Crippen LogP contribution in [0, 0.1) is 19.8 Å². The first-order chi connectivity index (χ1) is 9.15. The fourth-order valence-electron chi connectivity index (χ4n) is 2.81. The van der Waals surface area contributed by atoms with Gasteiger partial charge < -0.3 is 10.2 Å². The lowest BCUT2D eigenvalue weighted by Crippen LogP contribution is -2.35. The van der Waals surface area contributed by atoms with Crippen LogP contribution in [0.5, 0.6) is 0 Å². The van der Waals surface area contributed by atoms with E-state index < -0.39 is 0 Å². The largest absolute Gasteiger partial charge is 0.370 e. The van der Waals surface area contributed by atoms with Gasteiger partial charge in [-0.1, -0.05) is 13.3 Å². The summed E-state index contributed by atoms with van der Waals surface area (Å²) in [6, 6.07) is 0. The SMILES string of the molecule is CCNc1nc(C)nc(N2CCC(CC)CC2)c1C. The first kappa shape index (κ1) is 14.1. The Morgan fingerprint density at radius 2 is 1.84 bits per heavy atom. The van der Waals surface area contributed by atoms with Gasteiger partial charge in [-0.2, -0.15) is 0 Å². The Morgan fingerprint density at radius 1 is 1.16 bits per heavy atom. The van der Waals surface area contributed by atoms with E-state index in [9.17, 15) is 0 Å². The van der Waals surface area contributed by atoms with Crippen LogP contribution in [0.3, 0.4) is 0 Å². The van der Waals surface area contributed by atoms with Crippen LogP contribution < -0.4 is 10.2 Å². The molecule has 0 aromatic carbocycles. The molecule has 0 saturated carbocycles. The highest BCUT2D eigenvalue weighted by atomic mass is 15.2. The summed E-state index contributed by atoms with van der Waals surface area (Å²) in [5, 5.41) is 3.34. The Labute approximate surface area is 116 Å². The van der Waals surface area contributed by atoms with Gasteiger partial charge in [-0.3, -0.25) is 0 Å². The van der Waals surface area contributed by atoms with Crippen molar-refractivity contribution in [1.82, 2.24) is 9.97 Å². The summed E-state index contributed by atoms with van der Waals surface area (Å²) >= 11 is 0. The smallest absolute Gasteiger partial charge is 0.137 e. The Kier molecular flexibility index (Phi) is 4.61. The molecule has 1 aliphatic heterocycles. The molecule has 1 aromatic rings. The molecule has 0 radical (unpaired) electrons. The van der Waals surface area contributed by atoms with Crippen LogP contribution in [-0.2, 0) is 0 Å². The number of nitrogens with zero attached hydrogens (tertiary/aromatic N) is 3. The Hall–Kier alpha value is -1.32. The topological polar surface area (TPSA) is 41.1 Å². The number of hydrogen-bond donors (Lipinski definition) is 1. The van der Waals surface area contributed by atoms with E-state index in [0.717, 1.165) is 43.0 Å². The molecule has 1 N–H and O–H groups in total. The second-order valence-electron chi connectivity index (χ2n) is 5.44. The summed E-state index contributed by atoms with van der Waals surface area (Å²) in [7, 11) is 0. The van der Waals surface area contributed by atoms with Crippen LogP contribution in [-0.4, -0.2) is 29.6 Å². The fourth-order valence-corrected chi connectivity index (χ4v) is 2.81. The van der Waals surface area contributed by atoms with E-state index in [1.165, 1.54) is 24.8 Å². The molecule has 1 aromatic heterocycles. The van der Waals surface area contributed by atoms with Gasteiger partial charge in [-0.05, 0) is 39.5 Å². The van der Waals surface area contributed by atoms with Crippen molar-refractivity contribution >= 4 is 11.6 Å². The first-order valence-electron chi connectivity index (χ1n) is 7.49. The van der Waals surface area contributed by atoms with Gasteiger partial charge in [0.15, 0.2) is 0 Å². The predicted molar refractivity (Wildman–Crippen MR) is 80.9 cm³/mol. The first-order valence-corrected chi connectivity index (χ1v) is 7.49. The number of piperidine rings is 1. The molecular formula is C15H26N4. The molecule has 1 saturated heterocycles. The third kappa shape index (κ3) is 3.17. The minimum atomic E-state index is 0.856. The van der Waals surface area contributed by atoms with Crippen molar-refractivity contribution in [1.29, 1.82) is 0 Å². The third-order valence-electron chi connectivity index (χ3n) is 4.07. The van der Waals surface area contributed by atoms with Crippen LogP contribution in [0.4, 0.5) is 11.6 Å². The van der Waals surface area contributed by atoms with Crippen LogP contribution in [0.2, 0.25) is 0 Å². The fraction of sp³-hybridized carbons (Fsp3) is 0.733. The van der Waals surface area contributed by atoms with Crippen molar-refractivity contribution in [2.75, 3.05) is 29.9 Å². The second kappa shape index (κ2) is 6.22. The maximum Gasteiger partial charge on any atom is 0.137 e. The highest BCUT2D eigenvalue weighted by molar-refractivity contribution is 5.58. The second-order valence-corrected chi connectivity index (χ2v) is 5.44. The molecule has 4 heteroatoms. The Bertz CT molecular complexity index is 422. The molecule has 0 aliphatic carbocycles. The maximum atomic E-state index is 4.66. The predicted octanol–water partition coefficient (Wildman–Crippen LogP) is 3.15. The van der Waals surface area contributed by atoms with Gasteiger partial charge in [-0.15, -0.1) is 0 Å². The molecule has 1 aliphatic rings. The molecule has 0 amide bonds. The van der Waals surface area contributed by atoms with E-state index in [-0.39, 0.29) is 0 Å². The average molecular weight is 262 g/mol. The lowest BCUT2D eigenvalue weighted by atomic mass is 9.94. The average Bonchev–Trinajstić information content (AvgIpc) is 2.43. The highest BCUT2D eigenvalue weighted by Gasteiger charge is 2.21. The van der Waals surface area contributed by atoms with Gasteiger partial charge in [-0.25, -0.2) is 9.97 Å². The molecule has 0 atom stereocenters. The molecule has 2 heterocycles. The molecule has 19 heavy (non-hydrogen) atoms. The van der Waals surface area contributed by atoms with Crippen LogP contribution in [0.1, 0.15) is 44.5 Å². The van der Waals surface area contributed by atoms with Crippen molar-refractivity contribution in [3.05, 3.63) is 11.4 Å². The number of nitrogens with one attached hydrogen (secondary N) is 1. The number of aryl methyl sites for hydroxylation is 1. The Morgan fingerprint density at radius 3 is 2.42 bits per heavy atom. The monoisotopic (exact) mass is 262 g/mol. The van der Waals surface area contributed by atoms with E-state index in [4.69, 9.17) is 0 Å². The molecule has 0 bridgehead atoms. The summed E-state index contributed by atoms with van der Waals surface area (Å²) in [5.41, 5.74) is 1.18. The molecule has 106 valence electrons. The van der Waals surface area contributed by atoms with E-state index in [2.05, 4.69) is 41.0 Å². The molecule has 4 nitrogen and oxygen atoms in total. The van der Waals surface area contributed by atoms with Crippen molar-refractivity contribution in [3.8, 4) is 0 Å². The lowest BCUT2D eigenvalue weighted by molar-refractivity contribution is 0.393. The lowest BCUT2D eigenvalue weighted by Gasteiger charge is -2.33. The van der Waals surface area contributed by atoms with Crippen molar-refractivity contribution in [3.63, 3.8) is 0 Å². The van der Waals surface area contributed by atoms with Gasteiger partial charge >= 0.3 is 0 Å². The number of rotatable bonds is 4. The zero-order valence-corrected chi connectivity index (χ0v) is 12.7. The van der Waals surface area contributed by atoms with Crippen LogP contribution >= 0.6 is 0 Å². The van der Waals surface area contributed by atoms with Gasteiger partial charge in [0, 0.05) is 25.2 Å². The van der Waals surface area contributed by atoms with Crippen LogP contribution in [0.15, 0.2) is 0 Å². The molecular weight excluding hydrogens is 236 g/mol. The summed E-state index contributed by atoms with van der Waals surface area (Å²) in [6.07, 6.45) is 3.88. The molecule has 1 fully saturated rings. The molecule has 0 spiro atoms. The van der Waals surface area contributed by atoms with E-state index in [0.29, 0.717) is 0 Å². The Balaban J connectivity index is 2.20. The minimum Gasteiger partial charge on any atom is -0.370 e. The zero-order chi connectivity index (χ0) is 13.8. The number of aromatic nitrogens is 2. The van der Waals surface area contributed by atoms with Crippen molar-refractivity contribution in [2.24, 2.45) is 5.92 Å². The van der Waals surface area contributed by atoms with Gasteiger partial charge in [0.1, 0.15) is 17.5 Å². The molecule has 2 rings (SSSR count). The van der Waals surface area contributed by atoms with Gasteiger partial charge in [0.2, 0.25) is 0 Å². The van der Waals surface area contributed by atoms with Gasteiger partial charge in [0.05, 0.1) is 0 Å². The van der Waals surface area contributed by atoms with E-state index in [1.54, 1.807) is 0 Å². The number of anilines is 2. The normalized spacial score (nSPS) is 16.7. The standard InChI is InChI=1S/C15H26N4/c1-5-13-7-9-19(10-8-13)15-11(3)14(16-6-2)17-12(4)18-15/h13H,5-10H2,1-4H3,(H,16,17,18). The third-order valence-corrected chi connectivity index (χ3v) is 4.07. The molecule has 0 unspecified atom stereocenters. The summed E-state index contributed by atoms with van der Waals surface area (Å²) in [5.74, 6) is 3.86. The maximum absolute atomic E-state index is 4.66. The minimum absolute atomic E-state index is 0.856. The summed E-state index contributed by atoms with van der Waals surface area (Å²) in [6.45, 7) is 11.6. The quantitative estimate of drug-likeness (QED) is 0.905. The van der Waals surface area contributed by atoms with Gasteiger partial charge in [0.25, 0.3) is 0 Å². The summed E-state index contributed by atoms with van der Waals surface area (Å²) < 4.78 is 0. The van der Waals surface area contributed by atoms with E-state index in [1.807, 2.05) is 6.92 Å². The van der Waals surface area contributed by atoms with E-state index >= 15 is 0 Å².